The maximum atomic E-state index is 4.83. The summed E-state index contributed by atoms with van der Waals surface area (Å²) in [4.78, 5) is 8.39. The second-order valence-electron chi connectivity index (χ2n) is 6.12. The molecule has 19 heavy (non-hydrogen) atoms. The van der Waals surface area contributed by atoms with E-state index in [4.69, 9.17) is 4.98 Å². The Morgan fingerprint density at radius 2 is 2.11 bits per heavy atom. The van der Waals surface area contributed by atoms with Crippen LogP contribution in [0.25, 0.3) is 4.96 Å². The molecular weight excluding hydrogens is 256 g/mol. The van der Waals surface area contributed by atoms with Gasteiger partial charge in [-0.2, -0.15) is 0 Å². The average Bonchev–Trinajstić information content (AvgIpc) is 2.92. The molecule has 1 aliphatic rings. The van der Waals surface area contributed by atoms with Crippen molar-refractivity contribution in [3.63, 3.8) is 0 Å². The molecule has 0 saturated carbocycles. The van der Waals surface area contributed by atoms with Crippen molar-refractivity contribution >= 4 is 22.1 Å². The lowest BCUT2D eigenvalue weighted by atomic mass is 9.83. The Morgan fingerprint density at radius 1 is 1.37 bits per heavy atom. The Morgan fingerprint density at radius 3 is 2.79 bits per heavy atom. The van der Waals surface area contributed by atoms with Crippen LogP contribution in [-0.4, -0.2) is 29.5 Å². The second-order valence-corrected chi connectivity index (χ2v) is 6.99. The van der Waals surface area contributed by atoms with Gasteiger partial charge < -0.3 is 10.2 Å². The van der Waals surface area contributed by atoms with Crippen LogP contribution in [0.15, 0.2) is 11.6 Å². The predicted molar refractivity (Wildman–Crippen MR) is 81.1 cm³/mol. The van der Waals surface area contributed by atoms with E-state index in [1.54, 1.807) is 11.3 Å². The smallest absolute Gasteiger partial charge is 0.195 e. The van der Waals surface area contributed by atoms with Crippen LogP contribution in [-0.2, 0) is 6.54 Å². The summed E-state index contributed by atoms with van der Waals surface area (Å²) < 4.78 is 2.22. The van der Waals surface area contributed by atoms with Crippen LogP contribution in [0, 0.1) is 5.41 Å². The Kier molecular flexibility index (Phi) is 3.27. The van der Waals surface area contributed by atoms with Crippen LogP contribution in [0.1, 0.15) is 32.4 Å². The van der Waals surface area contributed by atoms with Crippen molar-refractivity contribution in [1.82, 2.24) is 14.7 Å². The fourth-order valence-corrected chi connectivity index (χ4v) is 3.46. The van der Waals surface area contributed by atoms with Crippen LogP contribution < -0.4 is 10.2 Å². The number of nitrogens with zero attached hydrogens (tertiary/aromatic N) is 3. The molecule has 0 amide bonds. The summed E-state index contributed by atoms with van der Waals surface area (Å²) in [6.45, 7) is 7.84. The number of thiazole rings is 1. The Balaban J connectivity index is 1.91. The number of nitrogens with one attached hydrogen (secondary N) is 1. The monoisotopic (exact) mass is 278 g/mol. The zero-order valence-electron chi connectivity index (χ0n) is 11.9. The third-order valence-corrected chi connectivity index (χ3v) is 4.86. The summed E-state index contributed by atoms with van der Waals surface area (Å²) in [5.41, 5.74) is 1.77. The van der Waals surface area contributed by atoms with Gasteiger partial charge in [-0.25, -0.2) is 4.98 Å². The van der Waals surface area contributed by atoms with Crippen molar-refractivity contribution in [2.24, 2.45) is 5.41 Å². The Bertz CT molecular complexity index is 559. The lowest BCUT2D eigenvalue weighted by Gasteiger charge is -2.37. The van der Waals surface area contributed by atoms with Gasteiger partial charge in [-0.05, 0) is 25.3 Å². The minimum Gasteiger partial charge on any atom is -0.355 e. The van der Waals surface area contributed by atoms with E-state index in [2.05, 4.69) is 40.0 Å². The van der Waals surface area contributed by atoms with E-state index in [1.807, 2.05) is 7.05 Å². The predicted octanol–water partition coefficient (Wildman–Crippen LogP) is 2.74. The van der Waals surface area contributed by atoms with E-state index in [0.717, 1.165) is 24.6 Å². The third-order valence-electron chi connectivity index (χ3n) is 4.10. The van der Waals surface area contributed by atoms with E-state index in [1.165, 1.54) is 24.4 Å². The summed E-state index contributed by atoms with van der Waals surface area (Å²) in [5.74, 6) is 1.18. The molecule has 0 atom stereocenters. The number of anilines is 1. The summed E-state index contributed by atoms with van der Waals surface area (Å²) in [6, 6.07) is 0. The van der Waals surface area contributed by atoms with Gasteiger partial charge in [0.25, 0.3) is 0 Å². The van der Waals surface area contributed by atoms with Crippen molar-refractivity contribution in [3.8, 4) is 0 Å². The van der Waals surface area contributed by atoms with Gasteiger partial charge in [-0.15, -0.1) is 11.3 Å². The molecule has 3 heterocycles. The van der Waals surface area contributed by atoms with Gasteiger partial charge in [-0.3, -0.25) is 4.40 Å². The largest absolute Gasteiger partial charge is 0.355 e. The SMILES string of the molecule is CNCc1c(N2CCC(C)(C)CC2)nc2sccn12. The van der Waals surface area contributed by atoms with Crippen molar-refractivity contribution in [3.05, 3.63) is 17.3 Å². The molecule has 5 heteroatoms. The first-order valence-electron chi connectivity index (χ1n) is 6.95. The standard InChI is InChI=1S/C14H22N4S/c1-14(2)4-6-17(7-5-14)12-11(10-15-3)18-8-9-19-13(18)16-12/h8-9,15H,4-7,10H2,1-3H3. The lowest BCUT2D eigenvalue weighted by molar-refractivity contribution is 0.279. The minimum absolute atomic E-state index is 0.483. The Hall–Kier alpha value is -1.07. The molecule has 104 valence electrons. The number of hydrogen-bond acceptors (Lipinski definition) is 4. The van der Waals surface area contributed by atoms with Crippen LogP contribution in [0.4, 0.5) is 5.82 Å². The van der Waals surface area contributed by atoms with Gasteiger partial charge in [0, 0.05) is 31.2 Å². The summed E-state index contributed by atoms with van der Waals surface area (Å²) in [7, 11) is 1.99. The molecule has 0 spiro atoms. The van der Waals surface area contributed by atoms with E-state index in [0.29, 0.717) is 5.41 Å². The van der Waals surface area contributed by atoms with Crippen molar-refractivity contribution in [1.29, 1.82) is 0 Å². The van der Waals surface area contributed by atoms with Crippen LogP contribution in [0.5, 0.6) is 0 Å². The van der Waals surface area contributed by atoms with Gasteiger partial charge in [-0.1, -0.05) is 13.8 Å². The fourth-order valence-electron chi connectivity index (χ4n) is 2.73. The minimum atomic E-state index is 0.483. The molecule has 1 aliphatic heterocycles. The summed E-state index contributed by atoms with van der Waals surface area (Å²) >= 11 is 1.71. The van der Waals surface area contributed by atoms with Gasteiger partial charge in [0.2, 0.25) is 0 Å². The molecule has 0 aliphatic carbocycles. The van der Waals surface area contributed by atoms with Crippen molar-refractivity contribution < 1.29 is 0 Å². The number of aromatic nitrogens is 2. The van der Waals surface area contributed by atoms with E-state index < -0.39 is 0 Å². The molecule has 1 fully saturated rings. The second kappa shape index (κ2) is 4.80. The highest BCUT2D eigenvalue weighted by molar-refractivity contribution is 7.15. The number of hydrogen-bond donors (Lipinski definition) is 1. The molecule has 0 unspecified atom stereocenters. The molecule has 0 bridgehead atoms. The Labute approximate surface area is 118 Å². The van der Waals surface area contributed by atoms with E-state index in [-0.39, 0.29) is 0 Å². The number of fused-ring (bicyclic) bond motifs is 1. The normalized spacial score (nSPS) is 19.2. The number of piperidine rings is 1. The number of rotatable bonds is 3. The first-order valence-corrected chi connectivity index (χ1v) is 7.83. The molecular formula is C14H22N4S. The first-order chi connectivity index (χ1) is 9.11. The highest BCUT2D eigenvalue weighted by atomic mass is 32.1. The van der Waals surface area contributed by atoms with Gasteiger partial charge in [0.15, 0.2) is 10.8 Å². The molecule has 1 saturated heterocycles. The zero-order valence-corrected chi connectivity index (χ0v) is 12.8. The van der Waals surface area contributed by atoms with Gasteiger partial charge in [0.05, 0.1) is 5.69 Å². The maximum Gasteiger partial charge on any atom is 0.195 e. The molecule has 0 radical (unpaired) electrons. The van der Waals surface area contributed by atoms with E-state index >= 15 is 0 Å². The molecule has 1 N–H and O–H groups in total. The molecule has 4 nitrogen and oxygen atoms in total. The highest BCUT2D eigenvalue weighted by Crippen LogP contribution is 2.33. The lowest BCUT2D eigenvalue weighted by Crippen LogP contribution is -2.38. The topological polar surface area (TPSA) is 32.6 Å². The zero-order chi connectivity index (χ0) is 13.5. The molecule has 0 aromatic carbocycles. The quantitative estimate of drug-likeness (QED) is 0.937. The first kappa shape index (κ1) is 12.9. The summed E-state index contributed by atoms with van der Waals surface area (Å²) in [5, 5.41) is 5.37. The maximum absolute atomic E-state index is 4.83. The summed E-state index contributed by atoms with van der Waals surface area (Å²) in [6.07, 6.45) is 4.62. The number of imidazole rings is 1. The average molecular weight is 278 g/mol. The highest BCUT2D eigenvalue weighted by Gasteiger charge is 2.28. The fraction of sp³-hybridized carbons (Fsp3) is 0.643. The molecule has 3 rings (SSSR count). The van der Waals surface area contributed by atoms with Crippen molar-refractivity contribution in [2.45, 2.75) is 33.2 Å². The van der Waals surface area contributed by atoms with Crippen LogP contribution >= 0.6 is 11.3 Å². The van der Waals surface area contributed by atoms with Gasteiger partial charge in [0.1, 0.15) is 0 Å². The van der Waals surface area contributed by atoms with Gasteiger partial charge >= 0.3 is 0 Å². The third kappa shape index (κ3) is 2.37. The van der Waals surface area contributed by atoms with E-state index in [9.17, 15) is 0 Å². The molecule has 2 aromatic rings. The van der Waals surface area contributed by atoms with Crippen LogP contribution in [0.2, 0.25) is 0 Å². The van der Waals surface area contributed by atoms with Crippen LogP contribution in [0.3, 0.4) is 0 Å². The molecule has 2 aromatic heterocycles. The van der Waals surface area contributed by atoms with Crippen molar-refractivity contribution in [2.75, 3.05) is 25.0 Å².